The summed E-state index contributed by atoms with van der Waals surface area (Å²) in [7, 11) is 0. The summed E-state index contributed by atoms with van der Waals surface area (Å²) in [4.78, 5) is 15.6. The van der Waals surface area contributed by atoms with E-state index in [2.05, 4.69) is 4.98 Å². The molecular formula is C10H15NO3S. The molecule has 15 heavy (non-hydrogen) atoms. The van der Waals surface area contributed by atoms with E-state index in [4.69, 9.17) is 4.74 Å². The zero-order chi connectivity index (χ0) is 11.5. The Hall–Kier alpha value is -0.940. The van der Waals surface area contributed by atoms with Crippen molar-refractivity contribution in [2.75, 3.05) is 6.61 Å². The van der Waals surface area contributed by atoms with Crippen LogP contribution in [0.3, 0.4) is 0 Å². The van der Waals surface area contributed by atoms with Crippen LogP contribution in [0.4, 0.5) is 0 Å². The minimum Gasteiger partial charge on any atom is -0.464 e. The number of aliphatic hydroxyl groups is 1. The molecule has 0 saturated heterocycles. The predicted octanol–water partition coefficient (Wildman–Crippen LogP) is 1.48. The van der Waals surface area contributed by atoms with Gasteiger partial charge >= 0.3 is 5.97 Å². The number of carbonyl (C=O) groups excluding carboxylic acids is 1. The van der Waals surface area contributed by atoms with Crippen LogP contribution in [0, 0.1) is 0 Å². The van der Waals surface area contributed by atoms with Crippen LogP contribution in [0.2, 0.25) is 0 Å². The van der Waals surface area contributed by atoms with Gasteiger partial charge in [-0.05, 0) is 20.3 Å². The Morgan fingerprint density at radius 1 is 1.67 bits per heavy atom. The van der Waals surface area contributed by atoms with E-state index < -0.39 is 11.6 Å². The maximum atomic E-state index is 11.5. The zero-order valence-electron chi connectivity index (χ0n) is 9.11. The molecule has 84 valence electrons. The maximum Gasteiger partial charge on any atom is 0.345 e. The number of nitrogens with zero attached hydrogens (tertiary/aromatic N) is 1. The van der Waals surface area contributed by atoms with E-state index in [1.165, 1.54) is 18.3 Å². The summed E-state index contributed by atoms with van der Waals surface area (Å²) < 4.78 is 4.78. The average molecular weight is 229 g/mol. The summed E-state index contributed by atoms with van der Waals surface area (Å²) >= 11 is 1.27. The molecule has 1 atom stereocenters. The summed E-state index contributed by atoms with van der Waals surface area (Å²) in [6.07, 6.45) is 0.787. The van der Waals surface area contributed by atoms with Gasteiger partial charge in [-0.2, -0.15) is 0 Å². The molecule has 1 aromatic heterocycles. The Labute approximate surface area is 92.9 Å². The normalized spacial score (nSPS) is 14.7. The highest BCUT2D eigenvalue weighted by Crippen LogP contribution is 2.25. The van der Waals surface area contributed by atoms with Gasteiger partial charge < -0.3 is 9.84 Å². The summed E-state index contributed by atoms with van der Waals surface area (Å²) in [5.74, 6) is -0.651. The van der Waals surface area contributed by atoms with E-state index in [-0.39, 0.29) is 6.61 Å². The number of thiazole rings is 1. The van der Waals surface area contributed by atoms with Crippen LogP contribution in [-0.4, -0.2) is 22.7 Å². The zero-order valence-corrected chi connectivity index (χ0v) is 9.93. The molecule has 1 heterocycles. The number of esters is 1. The Morgan fingerprint density at radius 3 is 2.80 bits per heavy atom. The lowest BCUT2D eigenvalue weighted by Gasteiger charge is -2.17. The molecule has 5 heteroatoms. The minimum atomic E-state index is -1.63. The van der Waals surface area contributed by atoms with Gasteiger partial charge in [0.2, 0.25) is 5.60 Å². The Morgan fingerprint density at radius 2 is 2.33 bits per heavy atom. The number of aromatic nitrogens is 1. The molecule has 1 aromatic rings. The highest BCUT2D eigenvalue weighted by atomic mass is 32.1. The van der Waals surface area contributed by atoms with Crippen molar-refractivity contribution in [3.05, 3.63) is 16.1 Å². The monoisotopic (exact) mass is 229 g/mol. The smallest absolute Gasteiger partial charge is 0.345 e. The SMILES string of the molecule is CCOC(=O)C(C)(O)c1nc(CC)cs1. The highest BCUT2D eigenvalue weighted by molar-refractivity contribution is 7.10. The largest absolute Gasteiger partial charge is 0.464 e. The molecule has 1 unspecified atom stereocenters. The standard InChI is InChI=1S/C10H15NO3S/c1-4-7-6-15-8(11-7)10(3,13)9(12)14-5-2/h6,13H,4-5H2,1-3H3. The molecule has 0 saturated carbocycles. The molecular weight excluding hydrogens is 214 g/mol. The van der Waals surface area contributed by atoms with E-state index >= 15 is 0 Å². The molecule has 4 nitrogen and oxygen atoms in total. The molecule has 1 rings (SSSR count). The highest BCUT2D eigenvalue weighted by Gasteiger charge is 2.37. The fraction of sp³-hybridized carbons (Fsp3) is 0.600. The summed E-state index contributed by atoms with van der Waals surface area (Å²) in [5, 5.41) is 12.2. The van der Waals surface area contributed by atoms with Crippen LogP contribution in [-0.2, 0) is 21.6 Å². The molecule has 0 aliphatic rings. The minimum absolute atomic E-state index is 0.251. The van der Waals surface area contributed by atoms with E-state index in [1.54, 1.807) is 6.92 Å². The van der Waals surface area contributed by atoms with Crippen molar-refractivity contribution >= 4 is 17.3 Å². The van der Waals surface area contributed by atoms with Crippen molar-refractivity contribution in [3.63, 3.8) is 0 Å². The van der Waals surface area contributed by atoms with Crippen molar-refractivity contribution in [3.8, 4) is 0 Å². The number of hydrogen-bond donors (Lipinski definition) is 1. The van der Waals surface area contributed by atoms with E-state index in [1.807, 2.05) is 12.3 Å². The molecule has 0 amide bonds. The molecule has 0 aliphatic carbocycles. The number of aryl methyl sites for hydroxylation is 1. The van der Waals surface area contributed by atoms with E-state index in [0.717, 1.165) is 12.1 Å². The van der Waals surface area contributed by atoms with Crippen LogP contribution in [0.15, 0.2) is 5.38 Å². The fourth-order valence-electron chi connectivity index (χ4n) is 1.05. The van der Waals surface area contributed by atoms with Crippen LogP contribution in [0.5, 0.6) is 0 Å². The van der Waals surface area contributed by atoms with Crippen molar-refractivity contribution < 1.29 is 14.6 Å². The predicted molar refractivity (Wildman–Crippen MR) is 57.7 cm³/mol. The number of hydrogen-bond acceptors (Lipinski definition) is 5. The van der Waals surface area contributed by atoms with Gasteiger partial charge in [0.05, 0.1) is 12.3 Å². The van der Waals surface area contributed by atoms with Gasteiger partial charge in [-0.15, -0.1) is 11.3 Å². The first-order chi connectivity index (χ1) is 7.02. The lowest BCUT2D eigenvalue weighted by Crippen LogP contribution is -2.34. The topological polar surface area (TPSA) is 59.4 Å². The third kappa shape index (κ3) is 2.54. The van der Waals surface area contributed by atoms with E-state index in [0.29, 0.717) is 5.01 Å². The number of rotatable bonds is 4. The van der Waals surface area contributed by atoms with Crippen molar-refractivity contribution in [2.45, 2.75) is 32.8 Å². The van der Waals surface area contributed by atoms with Gasteiger partial charge in [0.1, 0.15) is 5.01 Å². The Kier molecular flexibility index (Phi) is 3.82. The maximum absolute atomic E-state index is 11.5. The van der Waals surface area contributed by atoms with Gasteiger partial charge in [0, 0.05) is 5.38 Å². The number of carbonyl (C=O) groups is 1. The second-order valence-electron chi connectivity index (χ2n) is 3.29. The third-order valence-corrected chi connectivity index (χ3v) is 3.11. The first-order valence-electron chi connectivity index (χ1n) is 4.86. The van der Waals surface area contributed by atoms with Crippen LogP contribution in [0.1, 0.15) is 31.5 Å². The van der Waals surface area contributed by atoms with Crippen molar-refractivity contribution in [1.29, 1.82) is 0 Å². The fourth-order valence-corrected chi connectivity index (χ4v) is 2.00. The van der Waals surface area contributed by atoms with Gasteiger partial charge in [-0.1, -0.05) is 6.92 Å². The van der Waals surface area contributed by atoms with Crippen LogP contribution < -0.4 is 0 Å². The molecule has 1 N–H and O–H groups in total. The third-order valence-electron chi connectivity index (χ3n) is 2.00. The molecule has 0 bridgehead atoms. The Balaban J connectivity index is 2.89. The quantitative estimate of drug-likeness (QED) is 0.794. The van der Waals surface area contributed by atoms with E-state index in [9.17, 15) is 9.90 Å². The van der Waals surface area contributed by atoms with Crippen molar-refractivity contribution in [2.24, 2.45) is 0 Å². The second-order valence-corrected chi connectivity index (χ2v) is 4.15. The average Bonchev–Trinajstić information content (AvgIpc) is 2.66. The Bertz CT molecular complexity index is 346. The van der Waals surface area contributed by atoms with Gasteiger partial charge in [0.25, 0.3) is 0 Å². The van der Waals surface area contributed by atoms with Crippen LogP contribution in [0.25, 0.3) is 0 Å². The summed E-state index contributed by atoms with van der Waals surface area (Å²) in [6.45, 7) is 5.33. The van der Waals surface area contributed by atoms with Gasteiger partial charge in [-0.3, -0.25) is 0 Å². The first-order valence-corrected chi connectivity index (χ1v) is 5.74. The first kappa shape index (κ1) is 12.1. The molecule has 0 radical (unpaired) electrons. The van der Waals surface area contributed by atoms with Gasteiger partial charge in [-0.25, -0.2) is 9.78 Å². The molecule has 0 aromatic carbocycles. The second kappa shape index (κ2) is 4.72. The molecule has 0 spiro atoms. The molecule has 0 aliphatic heterocycles. The van der Waals surface area contributed by atoms with Crippen LogP contribution >= 0.6 is 11.3 Å². The lowest BCUT2D eigenvalue weighted by atomic mass is 10.1. The number of ether oxygens (including phenoxy) is 1. The summed E-state index contributed by atoms with van der Waals surface area (Å²) in [5.41, 5.74) is -0.756. The van der Waals surface area contributed by atoms with Crippen molar-refractivity contribution in [1.82, 2.24) is 4.98 Å². The lowest BCUT2D eigenvalue weighted by molar-refractivity contribution is -0.164. The van der Waals surface area contributed by atoms with Gasteiger partial charge in [0.15, 0.2) is 0 Å². The molecule has 0 fully saturated rings. The summed E-state index contributed by atoms with van der Waals surface area (Å²) in [6, 6.07) is 0.